The molecule has 0 radical (unpaired) electrons. The SMILES string of the molecule is COC1(c2nc(-c3cnccn3)no2)CCN([C@H]2Cc3ccccc3[C@H]2O)CC1. The lowest BCUT2D eigenvalue weighted by Crippen LogP contribution is -2.49. The second-order valence-electron chi connectivity index (χ2n) is 7.66. The predicted molar refractivity (Wildman–Crippen MR) is 104 cm³/mol. The minimum Gasteiger partial charge on any atom is -0.387 e. The third kappa shape index (κ3) is 3.13. The van der Waals surface area contributed by atoms with E-state index in [0.29, 0.717) is 30.3 Å². The van der Waals surface area contributed by atoms with Gasteiger partial charge in [-0.25, -0.2) is 4.98 Å². The number of methoxy groups -OCH3 is 1. The quantitative estimate of drug-likeness (QED) is 0.720. The Morgan fingerprint density at radius 2 is 2.03 bits per heavy atom. The molecule has 5 rings (SSSR count). The number of piperidine rings is 1. The fourth-order valence-corrected chi connectivity index (χ4v) is 4.53. The van der Waals surface area contributed by atoms with E-state index < -0.39 is 11.7 Å². The molecule has 0 amide bonds. The summed E-state index contributed by atoms with van der Waals surface area (Å²) in [6, 6.07) is 8.25. The zero-order chi connectivity index (χ0) is 19.8. The highest BCUT2D eigenvalue weighted by Crippen LogP contribution is 2.40. The summed E-state index contributed by atoms with van der Waals surface area (Å²) in [7, 11) is 1.68. The van der Waals surface area contributed by atoms with Gasteiger partial charge in [-0.1, -0.05) is 29.4 Å². The van der Waals surface area contributed by atoms with Gasteiger partial charge in [0.2, 0.25) is 5.82 Å². The zero-order valence-corrected chi connectivity index (χ0v) is 16.2. The molecule has 8 heteroatoms. The first-order chi connectivity index (χ1) is 14.2. The van der Waals surface area contributed by atoms with Crippen LogP contribution in [0.5, 0.6) is 0 Å². The Bertz CT molecular complexity index is 985. The Labute approximate surface area is 168 Å². The van der Waals surface area contributed by atoms with Crippen LogP contribution in [-0.4, -0.2) is 56.4 Å². The molecule has 150 valence electrons. The minimum atomic E-state index is -0.625. The first kappa shape index (κ1) is 18.4. The Morgan fingerprint density at radius 1 is 1.21 bits per heavy atom. The number of hydrogen-bond acceptors (Lipinski definition) is 8. The minimum absolute atomic E-state index is 0.0973. The molecule has 8 nitrogen and oxygen atoms in total. The number of nitrogens with zero attached hydrogens (tertiary/aromatic N) is 5. The summed E-state index contributed by atoms with van der Waals surface area (Å²) >= 11 is 0. The van der Waals surface area contributed by atoms with Crippen molar-refractivity contribution in [3.05, 3.63) is 59.9 Å². The Morgan fingerprint density at radius 3 is 2.76 bits per heavy atom. The van der Waals surface area contributed by atoms with Crippen LogP contribution in [0, 0.1) is 0 Å². The smallest absolute Gasteiger partial charge is 0.259 e. The summed E-state index contributed by atoms with van der Waals surface area (Å²) in [4.78, 5) is 15.2. The lowest BCUT2D eigenvalue weighted by atomic mass is 9.89. The van der Waals surface area contributed by atoms with Gasteiger partial charge in [-0.2, -0.15) is 4.98 Å². The van der Waals surface area contributed by atoms with E-state index in [1.807, 2.05) is 18.2 Å². The van der Waals surface area contributed by atoms with Gasteiger partial charge in [0.15, 0.2) is 0 Å². The normalized spacial score (nSPS) is 23.8. The van der Waals surface area contributed by atoms with Crippen molar-refractivity contribution in [3.63, 3.8) is 0 Å². The van der Waals surface area contributed by atoms with Crippen LogP contribution in [-0.2, 0) is 16.8 Å². The van der Waals surface area contributed by atoms with Crippen LogP contribution in [0.2, 0.25) is 0 Å². The topological polar surface area (TPSA) is 97.4 Å². The summed E-state index contributed by atoms with van der Waals surface area (Å²) in [6.07, 6.45) is 6.65. The number of likely N-dealkylation sites (tertiary alicyclic amines) is 1. The lowest BCUT2D eigenvalue weighted by Gasteiger charge is -2.41. The second-order valence-corrected chi connectivity index (χ2v) is 7.66. The van der Waals surface area contributed by atoms with Crippen LogP contribution in [0.3, 0.4) is 0 Å². The van der Waals surface area contributed by atoms with Crippen LogP contribution in [0.15, 0.2) is 47.4 Å². The highest BCUT2D eigenvalue weighted by molar-refractivity contribution is 5.45. The fraction of sp³-hybridized carbons (Fsp3) is 0.429. The summed E-state index contributed by atoms with van der Waals surface area (Å²) < 4.78 is 11.5. The van der Waals surface area contributed by atoms with Crippen molar-refractivity contribution in [1.82, 2.24) is 25.0 Å². The molecular formula is C21H23N5O3. The standard InChI is InChI=1S/C21H23N5O3/c1-28-21(20-24-19(25-29-20)16-13-22-8-9-23-16)6-10-26(11-7-21)17-12-14-4-2-3-5-15(14)18(17)27/h2-5,8-9,13,17-18,27H,6-7,10-12H2,1H3/t17-,18+/m0/s1. The molecule has 0 saturated carbocycles. The number of benzene rings is 1. The highest BCUT2D eigenvalue weighted by Gasteiger charge is 2.45. The van der Waals surface area contributed by atoms with Gasteiger partial charge in [-0.3, -0.25) is 9.88 Å². The van der Waals surface area contributed by atoms with E-state index in [4.69, 9.17) is 9.26 Å². The molecule has 0 bridgehead atoms. The second kappa shape index (κ2) is 7.29. The van der Waals surface area contributed by atoms with Crippen molar-refractivity contribution >= 4 is 0 Å². The van der Waals surface area contributed by atoms with Gasteiger partial charge in [-0.15, -0.1) is 0 Å². The molecule has 1 aliphatic carbocycles. The van der Waals surface area contributed by atoms with Crippen molar-refractivity contribution in [2.75, 3.05) is 20.2 Å². The molecule has 1 aromatic carbocycles. The lowest BCUT2D eigenvalue weighted by molar-refractivity contribution is -0.0950. The van der Waals surface area contributed by atoms with Crippen LogP contribution < -0.4 is 0 Å². The van der Waals surface area contributed by atoms with Gasteiger partial charge in [0, 0.05) is 38.6 Å². The van der Waals surface area contributed by atoms with Crippen molar-refractivity contribution < 1.29 is 14.4 Å². The van der Waals surface area contributed by atoms with E-state index in [9.17, 15) is 5.11 Å². The average Bonchev–Trinajstić information content (AvgIpc) is 3.41. The molecule has 0 spiro atoms. The highest BCUT2D eigenvalue weighted by atomic mass is 16.5. The van der Waals surface area contributed by atoms with E-state index in [-0.39, 0.29) is 6.04 Å². The van der Waals surface area contributed by atoms with Crippen molar-refractivity contribution in [3.8, 4) is 11.5 Å². The molecule has 1 N–H and O–H groups in total. The molecule has 0 unspecified atom stereocenters. The summed E-state index contributed by atoms with van der Waals surface area (Å²) in [6.45, 7) is 1.57. The van der Waals surface area contributed by atoms with E-state index in [1.165, 1.54) is 5.56 Å². The third-order valence-corrected chi connectivity index (χ3v) is 6.24. The Kier molecular flexibility index (Phi) is 4.61. The predicted octanol–water partition coefficient (Wildman–Crippen LogP) is 2.12. The van der Waals surface area contributed by atoms with Gasteiger partial charge >= 0.3 is 0 Å². The average molecular weight is 393 g/mol. The first-order valence-corrected chi connectivity index (χ1v) is 9.86. The zero-order valence-electron chi connectivity index (χ0n) is 16.2. The number of aromatic nitrogens is 4. The maximum atomic E-state index is 10.8. The number of rotatable bonds is 4. The monoisotopic (exact) mass is 393 g/mol. The largest absolute Gasteiger partial charge is 0.387 e. The van der Waals surface area contributed by atoms with Crippen LogP contribution in [0.4, 0.5) is 0 Å². The summed E-state index contributed by atoms with van der Waals surface area (Å²) in [5, 5.41) is 14.9. The molecule has 2 aliphatic rings. The number of fused-ring (bicyclic) bond motifs is 1. The number of aliphatic hydroxyl groups excluding tert-OH is 1. The van der Waals surface area contributed by atoms with E-state index in [1.54, 1.807) is 25.7 Å². The van der Waals surface area contributed by atoms with Gasteiger partial charge in [0.05, 0.1) is 12.3 Å². The Hall–Kier alpha value is -2.68. The molecule has 1 fully saturated rings. The van der Waals surface area contributed by atoms with Gasteiger partial charge in [0.25, 0.3) is 5.89 Å². The molecule has 1 aliphatic heterocycles. The molecule has 1 saturated heterocycles. The van der Waals surface area contributed by atoms with Crippen LogP contribution >= 0.6 is 0 Å². The first-order valence-electron chi connectivity index (χ1n) is 9.86. The van der Waals surface area contributed by atoms with Crippen molar-refractivity contribution in [1.29, 1.82) is 0 Å². The molecule has 2 atom stereocenters. The number of hydrogen-bond donors (Lipinski definition) is 1. The fourth-order valence-electron chi connectivity index (χ4n) is 4.53. The summed E-state index contributed by atoms with van der Waals surface area (Å²) in [5.41, 5.74) is 2.23. The van der Waals surface area contributed by atoms with Gasteiger partial charge in [0.1, 0.15) is 11.3 Å². The van der Waals surface area contributed by atoms with Crippen molar-refractivity contribution in [2.24, 2.45) is 0 Å². The molecule has 3 heterocycles. The Balaban J connectivity index is 1.32. The molecular weight excluding hydrogens is 370 g/mol. The third-order valence-electron chi connectivity index (χ3n) is 6.24. The van der Waals surface area contributed by atoms with E-state index in [2.05, 4.69) is 31.1 Å². The maximum absolute atomic E-state index is 10.8. The van der Waals surface area contributed by atoms with Crippen LogP contribution in [0.25, 0.3) is 11.5 Å². The molecule has 2 aromatic heterocycles. The number of ether oxygens (including phenoxy) is 1. The van der Waals surface area contributed by atoms with Crippen molar-refractivity contribution in [2.45, 2.75) is 37.0 Å². The maximum Gasteiger partial charge on any atom is 0.259 e. The molecule has 29 heavy (non-hydrogen) atoms. The van der Waals surface area contributed by atoms with E-state index in [0.717, 1.165) is 25.1 Å². The van der Waals surface area contributed by atoms with Gasteiger partial charge < -0.3 is 14.4 Å². The number of aliphatic hydroxyl groups is 1. The van der Waals surface area contributed by atoms with E-state index >= 15 is 0 Å². The van der Waals surface area contributed by atoms with Gasteiger partial charge in [-0.05, 0) is 30.4 Å². The summed E-state index contributed by atoms with van der Waals surface area (Å²) in [5.74, 6) is 0.879. The molecule has 3 aromatic rings. The van der Waals surface area contributed by atoms with Crippen LogP contribution in [0.1, 0.15) is 36.0 Å².